The van der Waals surface area contributed by atoms with Crippen LogP contribution < -0.4 is 10.2 Å². The molecule has 2 heterocycles. The Morgan fingerprint density at radius 2 is 1.70 bits per heavy atom. The smallest absolute Gasteiger partial charge is 0.328 e. The van der Waals surface area contributed by atoms with Crippen LogP contribution in [0.4, 0.5) is 11.4 Å². The van der Waals surface area contributed by atoms with Crippen LogP contribution in [0.3, 0.4) is 0 Å². The van der Waals surface area contributed by atoms with E-state index in [9.17, 15) is 19.5 Å². The van der Waals surface area contributed by atoms with E-state index in [0.717, 1.165) is 23.4 Å². The molecule has 0 unspecified atom stereocenters. The first kappa shape index (κ1) is 22.1. The number of para-hydroxylation sites is 1. The van der Waals surface area contributed by atoms with Crippen molar-refractivity contribution in [1.82, 2.24) is 9.88 Å². The maximum absolute atomic E-state index is 12.3. The molecule has 9 heteroatoms. The number of H-pyrrole nitrogens is 1. The molecule has 1 saturated heterocycles. The fourth-order valence-corrected chi connectivity index (χ4v) is 4.14. The molecule has 4 rings (SSSR count). The van der Waals surface area contributed by atoms with Crippen molar-refractivity contribution in [1.29, 1.82) is 0 Å². The zero-order valence-corrected chi connectivity index (χ0v) is 17.8. The van der Waals surface area contributed by atoms with Gasteiger partial charge in [-0.25, -0.2) is 4.79 Å². The number of benzene rings is 2. The number of amides is 1. The maximum atomic E-state index is 12.3. The number of piperazine rings is 1. The number of hydrogen-bond donors (Lipinski definition) is 4. The number of carboxylic acid groups (broad SMARTS) is 2. The van der Waals surface area contributed by atoms with Crippen molar-refractivity contribution in [2.75, 3.05) is 36.4 Å². The van der Waals surface area contributed by atoms with E-state index in [4.69, 9.17) is 5.11 Å². The molecule has 1 aliphatic rings. The molecule has 1 aromatic heterocycles. The zero-order chi connectivity index (χ0) is 23.4. The summed E-state index contributed by atoms with van der Waals surface area (Å²) >= 11 is 0. The van der Waals surface area contributed by atoms with E-state index in [0.29, 0.717) is 42.8 Å². The lowest BCUT2D eigenvalue weighted by Crippen LogP contribution is -2.49. The predicted octanol–water partition coefficient (Wildman–Crippen LogP) is 2.70. The fraction of sp³-hybridized carbons (Fsp3) is 0.208. The van der Waals surface area contributed by atoms with Gasteiger partial charge in [-0.15, -0.1) is 0 Å². The van der Waals surface area contributed by atoms with Crippen molar-refractivity contribution in [2.24, 2.45) is 0 Å². The van der Waals surface area contributed by atoms with Gasteiger partial charge in [-0.1, -0.05) is 18.2 Å². The predicted molar refractivity (Wildman–Crippen MR) is 124 cm³/mol. The topological polar surface area (TPSA) is 126 Å². The number of carbonyl (C=O) groups is 3. The van der Waals surface area contributed by atoms with Crippen LogP contribution in [0.5, 0.6) is 0 Å². The monoisotopic (exact) mass is 448 g/mol. The number of carboxylic acids is 2. The van der Waals surface area contributed by atoms with E-state index in [1.54, 1.807) is 24.4 Å². The summed E-state index contributed by atoms with van der Waals surface area (Å²) in [4.78, 5) is 42.1. The van der Waals surface area contributed by atoms with E-state index in [-0.39, 0.29) is 0 Å². The highest BCUT2D eigenvalue weighted by Gasteiger charge is 2.32. The molecule has 1 atom stereocenters. The first-order valence-electron chi connectivity index (χ1n) is 10.5. The molecular formula is C24H24N4O5. The van der Waals surface area contributed by atoms with Gasteiger partial charge in [-0.3, -0.25) is 14.5 Å². The molecule has 0 spiro atoms. The largest absolute Gasteiger partial charge is 0.480 e. The van der Waals surface area contributed by atoms with Crippen LogP contribution in [0.1, 0.15) is 11.6 Å². The number of aromatic nitrogens is 1. The van der Waals surface area contributed by atoms with Crippen LogP contribution in [0.2, 0.25) is 0 Å². The van der Waals surface area contributed by atoms with Crippen molar-refractivity contribution in [3.05, 3.63) is 72.4 Å². The van der Waals surface area contributed by atoms with Crippen molar-refractivity contribution in [2.45, 2.75) is 6.04 Å². The van der Waals surface area contributed by atoms with Crippen LogP contribution in [0.15, 0.2) is 66.9 Å². The first-order valence-corrected chi connectivity index (χ1v) is 10.5. The highest BCUT2D eigenvalue weighted by molar-refractivity contribution is 6.03. The lowest BCUT2D eigenvalue weighted by atomic mass is 10.0. The Balaban J connectivity index is 1.55. The molecule has 0 saturated carbocycles. The molecule has 170 valence electrons. The third-order valence-electron chi connectivity index (χ3n) is 5.69. The van der Waals surface area contributed by atoms with Crippen molar-refractivity contribution >= 4 is 40.1 Å². The molecule has 1 fully saturated rings. The normalized spacial score (nSPS) is 15.6. The highest BCUT2D eigenvalue weighted by atomic mass is 16.4. The summed E-state index contributed by atoms with van der Waals surface area (Å²) in [5.41, 5.74) is 2.93. The molecule has 9 nitrogen and oxygen atoms in total. The van der Waals surface area contributed by atoms with Crippen LogP contribution in [0.25, 0.3) is 10.9 Å². The lowest BCUT2D eigenvalue weighted by Gasteiger charge is -2.38. The average molecular weight is 448 g/mol. The summed E-state index contributed by atoms with van der Waals surface area (Å²) in [6, 6.07) is 14.3. The van der Waals surface area contributed by atoms with E-state index >= 15 is 0 Å². The molecule has 4 N–H and O–H groups in total. The van der Waals surface area contributed by atoms with Gasteiger partial charge in [0.15, 0.2) is 0 Å². The summed E-state index contributed by atoms with van der Waals surface area (Å²) < 4.78 is 0. The Morgan fingerprint density at radius 3 is 2.36 bits per heavy atom. The first-order chi connectivity index (χ1) is 15.9. The van der Waals surface area contributed by atoms with Crippen molar-refractivity contribution in [3.63, 3.8) is 0 Å². The number of rotatable bonds is 7. The second kappa shape index (κ2) is 9.58. The van der Waals surface area contributed by atoms with Gasteiger partial charge in [0.1, 0.15) is 6.04 Å². The van der Waals surface area contributed by atoms with Gasteiger partial charge < -0.3 is 25.4 Å². The molecule has 2 aromatic carbocycles. The Labute approximate surface area is 189 Å². The lowest BCUT2D eigenvalue weighted by molar-refractivity contribution is -0.143. The summed E-state index contributed by atoms with van der Waals surface area (Å²) in [5.74, 6) is -2.74. The molecule has 0 aliphatic carbocycles. The van der Waals surface area contributed by atoms with Crippen molar-refractivity contribution < 1.29 is 24.6 Å². The van der Waals surface area contributed by atoms with Gasteiger partial charge in [0, 0.05) is 72.4 Å². The van der Waals surface area contributed by atoms with E-state index < -0.39 is 23.9 Å². The van der Waals surface area contributed by atoms with Gasteiger partial charge in [-0.05, 0) is 30.3 Å². The molecule has 3 aromatic rings. The Kier molecular flexibility index (Phi) is 6.41. The second-order valence-corrected chi connectivity index (χ2v) is 7.76. The van der Waals surface area contributed by atoms with Gasteiger partial charge in [0.2, 0.25) is 5.91 Å². The third kappa shape index (κ3) is 5.04. The number of fused-ring (bicyclic) bond motifs is 1. The Bertz CT molecular complexity index is 1200. The number of aromatic amines is 1. The van der Waals surface area contributed by atoms with Crippen LogP contribution >= 0.6 is 0 Å². The number of hydrogen-bond acceptors (Lipinski definition) is 5. The molecule has 1 aliphatic heterocycles. The quantitative estimate of drug-likeness (QED) is 0.410. The van der Waals surface area contributed by atoms with E-state index in [1.807, 2.05) is 35.2 Å². The third-order valence-corrected chi connectivity index (χ3v) is 5.69. The molecule has 0 radical (unpaired) electrons. The number of nitrogens with one attached hydrogen (secondary N) is 2. The van der Waals surface area contributed by atoms with Crippen LogP contribution in [-0.2, 0) is 14.4 Å². The van der Waals surface area contributed by atoms with E-state index in [2.05, 4.69) is 15.2 Å². The average Bonchev–Trinajstić information content (AvgIpc) is 3.21. The molecular weight excluding hydrogens is 424 g/mol. The van der Waals surface area contributed by atoms with E-state index in [1.165, 1.54) is 0 Å². The summed E-state index contributed by atoms with van der Waals surface area (Å²) in [7, 11) is 0. The second-order valence-electron chi connectivity index (χ2n) is 7.76. The Hall–Kier alpha value is -4.11. The van der Waals surface area contributed by atoms with Crippen molar-refractivity contribution in [3.8, 4) is 0 Å². The number of nitrogens with zero attached hydrogens (tertiary/aromatic N) is 2. The van der Waals surface area contributed by atoms with Crippen LogP contribution in [0, 0.1) is 0 Å². The summed E-state index contributed by atoms with van der Waals surface area (Å²) in [6.07, 6.45) is 3.38. The molecule has 0 bridgehead atoms. The fourth-order valence-electron chi connectivity index (χ4n) is 4.14. The van der Waals surface area contributed by atoms with Gasteiger partial charge >= 0.3 is 11.9 Å². The maximum Gasteiger partial charge on any atom is 0.328 e. The van der Waals surface area contributed by atoms with Gasteiger partial charge in [0.05, 0.1) is 0 Å². The SMILES string of the molecule is O=C(O)/C=C/C(=O)Nc1ccc2[nH]cc([C@H](C(=O)O)N3CCN(c4ccccc4)CC3)c2c1. The highest BCUT2D eigenvalue weighted by Crippen LogP contribution is 2.32. The zero-order valence-electron chi connectivity index (χ0n) is 17.8. The van der Waals surface area contributed by atoms with Gasteiger partial charge in [-0.2, -0.15) is 0 Å². The minimum atomic E-state index is -1.22. The minimum Gasteiger partial charge on any atom is -0.480 e. The summed E-state index contributed by atoms with van der Waals surface area (Å²) in [5, 5.41) is 22.0. The van der Waals surface area contributed by atoms with Crippen LogP contribution in [-0.4, -0.2) is 64.1 Å². The molecule has 33 heavy (non-hydrogen) atoms. The number of aliphatic carboxylic acids is 2. The van der Waals surface area contributed by atoms with Gasteiger partial charge in [0.25, 0.3) is 0 Å². The number of anilines is 2. The standard InChI is InChI=1S/C24H24N4O5/c29-21(8-9-22(30)31)26-16-6-7-20-18(14-16)19(15-25-20)23(24(32)33)28-12-10-27(11-13-28)17-4-2-1-3-5-17/h1-9,14-15,23,25H,10-13H2,(H,26,29)(H,30,31)(H,32,33)/b9-8+/t23-/m1/s1. The number of carbonyl (C=O) groups excluding carboxylic acids is 1. The Morgan fingerprint density at radius 1 is 0.970 bits per heavy atom. The summed E-state index contributed by atoms with van der Waals surface area (Å²) in [6.45, 7) is 2.62. The molecule has 1 amide bonds. The minimum absolute atomic E-state index is 0.446.